The number of quaternary nitrogens is 1. The van der Waals surface area contributed by atoms with E-state index in [0.717, 1.165) is 70.6 Å². The molecule has 0 rings (SSSR count). The van der Waals surface area contributed by atoms with Crippen molar-refractivity contribution >= 4 is 19.8 Å². The highest BCUT2D eigenvalue weighted by Gasteiger charge is 2.22. The topological polar surface area (TPSA) is 111 Å². The molecule has 0 amide bonds. The monoisotopic (exact) mass is 1150 g/mol. The summed E-state index contributed by atoms with van der Waals surface area (Å²) in [6.45, 7) is 4.25. The number of ether oxygens (including phenoxy) is 2. The highest BCUT2D eigenvalue weighted by atomic mass is 31.2. The van der Waals surface area contributed by atoms with Gasteiger partial charge < -0.3 is 27.9 Å². The molecule has 0 aromatic heterocycles. The van der Waals surface area contributed by atoms with Crippen LogP contribution < -0.4 is 4.89 Å². The first-order valence-electron chi connectivity index (χ1n) is 34.7. The minimum atomic E-state index is -4.64. The molecule has 0 radical (unpaired) electrons. The average molecular weight is 1150 g/mol. The molecule has 0 heterocycles. The highest BCUT2D eigenvalue weighted by molar-refractivity contribution is 7.45. The Morgan fingerprint density at radius 1 is 0.388 bits per heavy atom. The fraction of sp³-hybridized carbons (Fsp3) is 0.886. The van der Waals surface area contributed by atoms with Crippen molar-refractivity contribution in [3.05, 3.63) is 36.5 Å². The first kappa shape index (κ1) is 78.2. The largest absolute Gasteiger partial charge is 0.756 e. The molecule has 0 aliphatic rings. The van der Waals surface area contributed by atoms with E-state index < -0.39 is 26.5 Å². The average Bonchev–Trinajstić information content (AvgIpc) is 3.42. The second-order valence-electron chi connectivity index (χ2n) is 24.9. The van der Waals surface area contributed by atoms with Crippen molar-refractivity contribution < 1.29 is 42.1 Å². The molecule has 0 aromatic rings. The molecule has 0 aliphatic carbocycles. The summed E-state index contributed by atoms with van der Waals surface area (Å²) in [6, 6.07) is 0. The SMILES string of the molecule is CCCCC/C=C\C/C=C\C/C=C\CCCCCCCCC(=O)OC(COC(=O)CCCCCCCCCCCCCCCCCCCCCCCCCCCCCCCCCCCCCCC)COP(=O)([O-])OCC[N+](C)(C)C. The Bertz CT molecular complexity index is 1440. The minimum absolute atomic E-state index is 0.0324. The van der Waals surface area contributed by atoms with Crippen molar-refractivity contribution in [2.24, 2.45) is 0 Å². The Kier molecular flexibility index (Phi) is 60.4. The number of rotatable bonds is 65. The second-order valence-corrected chi connectivity index (χ2v) is 26.3. The fourth-order valence-corrected chi connectivity index (χ4v) is 11.0. The molecule has 0 saturated carbocycles. The molecular formula is C70H134NO8P. The number of phosphoric ester groups is 1. The van der Waals surface area contributed by atoms with Gasteiger partial charge in [-0.25, -0.2) is 0 Å². The van der Waals surface area contributed by atoms with Gasteiger partial charge in [-0.3, -0.25) is 14.2 Å². The zero-order valence-corrected chi connectivity index (χ0v) is 54.7. The van der Waals surface area contributed by atoms with Gasteiger partial charge in [0.2, 0.25) is 0 Å². The number of nitrogens with zero attached hydrogens (tertiary/aromatic N) is 1. The first-order valence-corrected chi connectivity index (χ1v) is 36.2. The maximum Gasteiger partial charge on any atom is 0.306 e. The van der Waals surface area contributed by atoms with Gasteiger partial charge in [-0.1, -0.05) is 320 Å². The van der Waals surface area contributed by atoms with Crippen LogP contribution in [0.15, 0.2) is 36.5 Å². The molecule has 0 aromatic carbocycles. The van der Waals surface area contributed by atoms with Gasteiger partial charge >= 0.3 is 11.9 Å². The normalized spacial score (nSPS) is 13.3. The third kappa shape index (κ3) is 65.4. The van der Waals surface area contributed by atoms with Gasteiger partial charge in [-0.15, -0.1) is 0 Å². The van der Waals surface area contributed by atoms with Crippen molar-refractivity contribution in [1.82, 2.24) is 0 Å². The van der Waals surface area contributed by atoms with E-state index in [9.17, 15) is 19.0 Å². The predicted octanol–water partition coefficient (Wildman–Crippen LogP) is 21.6. The van der Waals surface area contributed by atoms with Gasteiger partial charge in [0.1, 0.15) is 19.8 Å². The van der Waals surface area contributed by atoms with Crippen LogP contribution >= 0.6 is 7.82 Å². The summed E-state index contributed by atoms with van der Waals surface area (Å²) in [5, 5.41) is 0. The fourth-order valence-electron chi connectivity index (χ4n) is 10.3. The van der Waals surface area contributed by atoms with E-state index in [2.05, 4.69) is 50.3 Å². The number of carbonyl (C=O) groups excluding carboxylic acids is 2. The van der Waals surface area contributed by atoms with Crippen LogP contribution in [0.25, 0.3) is 0 Å². The number of carbonyl (C=O) groups is 2. The van der Waals surface area contributed by atoms with Gasteiger partial charge in [0, 0.05) is 12.8 Å². The summed E-state index contributed by atoms with van der Waals surface area (Å²) in [4.78, 5) is 38.0. The van der Waals surface area contributed by atoms with Crippen LogP contribution in [0.3, 0.4) is 0 Å². The zero-order chi connectivity index (χ0) is 58.4. The van der Waals surface area contributed by atoms with Crippen molar-refractivity contribution in [3.63, 3.8) is 0 Å². The quantitative estimate of drug-likeness (QED) is 0.0195. The molecule has 0 aliphatic heterocycles. The Balaban J connectivity index is 3.91. The van der Waals surface area contributed by atoms with E-state index in [4.69, 9.17) is 18.5 Å². The number of phosphoric acid groups is 1. The second kappa shape index (κ2) is 61.8. The predicted molar refractivity (Wildman–Crippen MR) is 342 cm³/mol. The summed E-state index contributed by atoms with van der Waals surface area (Å²) >= 11 is 0. The lowest BCUT2D eigenvalue weighted by Gasteiger charge is -2.28. The maximum atomic E-state index is 12.8. The maximum absolute atomic E-state index is 12.8. The van der Waals surface area contributed by atoms with E-state index in [1.165, 1.54) is 244 Å². The van der Waals surface area contributed by atoms with E-state index in [1.54, 1.807) is 0 Å². The number of allylic oxidation sites excluding steroid dienone is 6. The number of esters is 2. The van der Waals surface area contributed by atoms with Gasteiger partial charge in [0.15, 0.2) is 6.10 Å². The van der Waals surface area contributed by atoms with Crippen molar-refractivity contribution in [2.45, 2.75) is 354 Å². The van der Waals surface area contributed by atoms with Crippen molar-refractivity contribution in [2.75, 3.05) is 47.5 Å². The van der Waals surface area contributed by atoms with E-state index in [0.29, 0.717) is 17.4 Å². The summed E-state index contributed by atoms with van der Waals surface area (Å²) < 4.78 is 34.2. The van der Waals surface area contributed by atoms with Crippen LogP contribution in [-0.4, -0.2) is 70.0 Å². The van der Waals surface area contributed by atoms with Crippen LogP contribution in [0, 0.1) is 0 Å². The van der Waals surface area contributed by atoms with Gasteiger partial charge in [0.25, 0.3) is 7.82 Å². The van der Waals surface area contributed by atoms with Crippen LogP contribution in [0.4, 0.5) is 0 Å². The minimum Gasteiger partial charge on any atom is -0.756 e. The molecular weight excluding hydrogens is 1010 g/mol. The van der Waals surface area contributed by atoms with E-state index in [-0.39, 0.29) is 32.0 Å². The Hall–Kier alpha value is -1.77. The molecule has 0 saturated heterocycles. The highest BCUT2D eigenvalue weighted by Crippen LogP contribution is 2.38. The van der Waals surface area contributed by atoms with Crippen molar-refractivity contribution in [1.29, 1.82) is 0 Å². The summed E-state index contributed by atoms with van der Waals surface area (Å²) in [5.41, 5.74) is 0. The molecule has 0 fully saturated rings. The first-order chi connectivity index (χ1) is 39.0. The Morgan fingerprint density at radius 2 is 0.675 bits per heavy atom. The molecule has 10 heteroatoms. The molecule has 2 atom stereocenters. The third-order valence-corrected chi connectivity index (χ3v) is 16.6. The molecule has 0 N–H and O–H groups in total. The van der Waals surface area contributed by atoms with Gasteiger partial charge in [0.05, 0.1) is 27.7 Å². The van der Waals surface area contributed by atoms with Crippen LogP contribution in [0.5, 0.6) is 0 Å². The van der Waals surface area contributed by atoms with Crippen LogP contribution in [0.1, 0.15) is 348 Å². The molecule has 472 valence electrons. The van der Waals surface area contributed by atoms with Crippen LogP contribution in [0.2, 0.25) is 0 Å². The smallest absolute Gasteiger partial charge is 0.306 e. The number of likely N-dealkylation sites (N-methyl/N-ethyl adjacent to an activating group) is 1. The van der Waals surface area contributed by atoms with Gasteiger partial charge in [-0.05, 0) is 51.4 Å². The molecule has 0 bridgehead atoms. The number of hydrogen-bond acceptors (Lipinski definition) is 8. The molecule has 2 unspecified atom stereocenters. The Labute approximate surface area is 497 Å². The summed E-state index contributed by atoms with van der Waals surface area (Å²) in [5.74, 6) is -0.832. The van der Waals surface area contributed by atoms with Gasteiger partial charge in [-0.2, -0.15) is 0 Å². The van der Waals surface area contributed by atoms with Crippen LogP contribution in [-0.2, 0) is 32.7 Å². The molecule has 0 spiro atoms. The Morgan fingerprint density at radius 3 is 1.02 bits per heavy atom. The molecule has 9 nitrogen and oxygen atoms in total. The number of hydrogen-bond donors (Lipinski definition) is 0. The van der Waals surface area contributed by atoms with Crippen molar-refractivity contribution in [3.8, 4) is 0 Å². The standard InChI is InChI=1S/C70H134NO8P/c1-6-8-10-12-14-16-18-20-22-24-26-27-28-29-30-31-32-33-34-35-36-37-38-39-40-41-42-43-45-46-48-50-52-54-56-58-60-62-69(72)76-66-68(67-78-80(74,75)77-65-64-71(3,4)5)79-70(73)63-61-59-57-55-53-51-49-47-44-25-23-21-19-17-15-13-11-9-7-2/h15,17,21,23,44,47,68H,6-14,16,18-20,22,24-43,45-46,48-67H2,1-5H3/b17-15-,23-21-,47-44-. The van der Waals surface area contributed by atoms with E-state index >= 15 is 0 Å². The summed E-state index contributed by atoms with van der Waals surface area (Å²) in [6.07, 6.45) is 78.2. The lowest BCUT2D eigenvalue weighted by atomic mass is 10.0. The summed E-state index contributed by atoms with van der Waals surface area (Å²) in [7, 11) is 1.17. The van der Waals surface area contributed by atoms with E-state index in [1.807, 2.05) is 21.1 Å². The zero-order valence-electron chi connectivity index (χ0n) is 53.8. The lowest BCUT2D eigenvalue weighted by molar-refractivity contribution is -0.870. The lowest BCUT2D eigenvalue weighted by Crippen LogP contribution is -2.37. The molecule has 80 heavy (non-hydrogen) atoms. The third-order valence-electron chi connectivity index (χ3n) is 15.7. The number of unbranched alkanes of at least 4 members (excludes halogenated alkanes) is 45.